The van der Waals surface area contributed by atoms with E-state index in [2.05, 4.69) is 11.1 Å². The zero-order chi connectivity index (χ0) is 19.3. The van der Waals surface area contributed by atoms with Crippen molar-refractivity contribution in [2.45, 2.75) is 39.5 Å². The van der Waals surface area contributed by atoms with Gasteiger partial charge in [-0.1, -0.05) is 19.4 Å². The zero-order valence-electron chi connectivity index (χ0n) is 15.5. The van der Waals surface area contributed by atoms with E-state index in [1.165, 1.54) is 19.2 Å². The van der Waals surface area contributed by atoms with Crippen molar-refractivity contribution in [3.8, 4) is 11.8 Å². The lowest BCUT2D eigenvalue weighted by Gasteiger charge is -2.30. The van der Waals surface area contributed by atoms with Gasteiger partial charge in [0, 0.05) is 23.3 Å². The molecule has 26 heavy (non-hydrogen) atoms. The van der Waals surface area contributed by atoms with Crippen molar-refractivity contribution in [3.63, 3.8) is 0 Å². The van der Waals surface area contributed by atoms with Crippen molar-refractivity contribution in [2.75, 3.05) is 13.7 Å². The van der Waals surface area contributed by atoms with Crippen LogP contribution in [-0.2, 0) is 9.53 Å². The first-order chi connectivity index (χ1) is 12.5. The Hall–Kier alpha value is -2.68. The SMILES string of the molecule is CCCC1=C(C(=O)OCC)C(c2ccc(F)cc2OC)C(C#N)C(C)=N1. The number of hydrogen-bond donors (Lipinski definition) is 0. The number of hydrogen-bond acceptors (Lipinski definition) is 5. The molecule has 6 heteroatoms. The Kier molecular flexibility index (Phi) is 6.51. The maximum atomic E-state index is 13.7. The summed E-state index contributed by atoms with van der Waals surface area (Å²) in [6, 6.07) is 6.35. The van der Waals surface area contributed by atoms with Gasteiger partial charge in [-0.2, -0.15) is 5.26 Å². The highest BCUT2D eigenvalue weighted by Gasteiger charge is 2.40. The molecule has 0 N–H and O–H groups in total. The molecule has 1 aromatic rings. The van der Waals surface area contributed by atoms with Crippen LogP contribution in [0.1, 0.15) is 45.1 Å². The third-order valence-corrected chi connectivity index (χ3v) is 4.37. The van der Waals surface area contributed by atoms with Crippen molar-refractivity contribution in [2.24, 2.45) is 10.9 Å². The third kappa shape index (κ3) is 3.77. The predicted octanol–water partition coefficient (Wildman–Crippen LogP) is 4.15. The molecule has 2 atom stereocenters. The van der Waals surface area contributed by atoms with E-state index in [1.54, 1.807) is 19.9 Å². The quantitative estimate of drug-likeness (QED) is 0.716. The van der Waals surface area contributed by atoms with Crippen LogP contribution in [-0.4, -0.2) is 25.4 Å². The minimum atomic E-state index is -0.658. The Morgan fingerprint density at radius 2 is 2.12 bits per heavy atom. The lowest BCUT2D eigenvalue weighted by molar-refractivity contribution is -0.139. The number of carbonyl (C=O) groups excluding carboxylic acids is 1. The smallest absolute Gasteiger partial charge is 0.336 e. The van der Waals surface area contributed by atoms with Gasteiger partial charge in [0.1, 0.15) is 11.6 Å². The fourth-order valence-corrected chi connectivity index (χ4v) is 3.26. The summed E-state index contributed by atoms with van der Waals surface area (Å²) in [6.07, 6.45) is 1.38. The van der Waals surface area contributed by atoms with Gasteiger partial charge >= 0.3 is 5.97 Å². The molecule has 0 saturated carbocycles. The minimum Gasteiger partial charge on any atom is -0.496 e. The van der Waals surface area contributed by atoms with E-state index in [0.29, 0.717) is 34.7 Å². The zero-order valence-corrected chi connectivity index (χ0v) is 15.5. The van der Waals surface area contributed by atoms with E-state index in [4.69, 9.17) is 9.47 Å². The fraction of sp³-hybridized carbons (Fsp3) is 0.450. The number of nitriles is 1. The van der Waals surface area contributed by atoms with Crippen molar-refractivity contribution < 1.29 is 18.7 Å². The van der Waals surface area contributed by atoms with Gasteiger partial charge in [0.25, 0.3) is 0 Å². The van der Waals surface area contributed by atoms with Crippen LogP contribution in [0.4, 0.5) is 4.39 Å². The number of ether oxygens (including phenoxy) is 2. The summed E-state index contributed by atoms with van der Waals surface area (Å²) in [5.41, 5.74) is 2.17. The first-order valence-corrected chi connectivity index (χ1v) is 8.66. The van der Waals surface area contributed by atoms with Crippen LogP contribution in [0, 0.1) is 23.1 Å². The Morgan fingerprint density at radius 3 is 2.69 bits per heavy atom. The van der Waals surface area contributed by atoms with E-state index in [9.17, 15) is 14.4 Å². The van der Waals surface area contributed by atoms with Crippen LogP contribution in [0.15, 0.2) is 34.5 Å². The van der Waals surface area contributed by atoms with E-state index in [1.807, 2.05) is 6.92 Å². The molecule has 5 nitrogen and oxygen atoms in total. The van der Waals surface area contributed by atoms with Gasteiger partial charge in [-0.25, -0.2) is 9.18 Å². The molecule has 0 aromatic heterocycles. The molecular formula is C20H23FN2O3. The fourth-order valence-electron chi connectivity index (χ4n) is 3.26. The summed E-state index contributed by atoms with van der Waals surface area (Å²) in [5, 5.41) is 9.74. The number of esters is 1. The maximum absolute atomic E-state index is 13.7. The number of halogens is 1. The molecule has 0 fully saturated rings. The number of rotatable bonds is 6. The molecule has 2 unspecified atom stereocenters. The van der Waals surface area contributed by atoms with Crippen LogP contribution >= 0.6 is 0 Å². The van der Waals surface area contributed by atoms with E-state index < -0.39 is 23.6 Å². The van der Waals surface area contributed by atoms with Gasteiger partial charge in [-0.05, 0) is 26.3 Å². The Labute approximate surface area is 153 Å². The summed E-state index contributed by atoms with van der Waals surface area (Å²) >= 11 is 0. The second-order valence-corrected chi connectivity index (χ2v) is 6.05. The minimum absolute atomic E-state index is 0.217. The number of allylic oxidation sites excluding steroid dienone is 1. The number of nitrogens with zero attached hydrogens (tertiary/aromatic N) is 2. The molecule has 0 radical (unpaired) electrons. The van der Waals surface area contributed by atoms with Crippen molar-refractivity contribution in [1.82, 2.24) is 0 Å². The second-order valence-electron chi connectivity index (χ2n) is 6.05. The van der Waals surface area contributed by atoms with Crippen molar-refractivity contribution >= 4 is 11.7 Å². The highest BCUT2D eigenvalue weighted by Crippen LogP contribution is 2.43. The molecule has 0 spiro atoms. The molecule has 0 saturated heterocycles. The Morgan fingerprint density at radius 1 is 1.38 bits per heavy atom. The Bertz CT molecular complexity index is 793. The molecular weight excluding hydrogens is 335 g/mol. The first-order valence-electron chi connectivity index (χ1n) is 8.66. The number of benzene rings is 1. The molecule has 1 aliphatic heterocycles. The van der Waals surface area contributed by atoms with Gasteiger partial charge in [-0.15, -0.1) is 0 Å². The van der Waals surface area contributed by atoms with Crippen molar-refractivity contribution in [1.29, 1.82) is 5.26 Å². The molecule has 138 valence electrons. The van der Waals surface area contributed by atoms with Gasteiger partial charge < -0.3 is 9.47 Å². The average Bonchev–Trinajstić information content (AvgIpc) is 2.61. The second kappa shape index (κ2) is 8.61. The topological polar surface area (TPSA) is 71.7 Å². The third-order valence-electron chi connectivity index (χ3n) is 4.37. The molecule has 0 bridgehead atoms. The van der Waals surface area contributed by atoms with Gasteiger partial charge in [0.15, 0.2) is 0 Å². The summed E-state index contributed by atoms with van der Waals surface area (Å²) in [4.78, 5) is 17.2. The average molecular weight is 358 g/mol. The highest BCUT2D eigenvalue weighted by molar-refractivity contribution is 5.98. The van der Waals surface area contributed by atoms with E-state index >= 15 is 0 Å². The summed E-state index contributed by atoms with van der Waals surface area (Å²) in [5.74, 6) is -1.93. The van der Waals surface area contributed by atoms with Crippen LogP contribution in [0.2, 0.25) is 0 Å². The van der Waals surface area contributed by atoms with Gasteiger partial charge in [-0.3, -0.25) is 4.99 Å². The molecule has 1 heterocycles. The molecule has 0 amide bonds. The van der Waals surface area contributed by atoms with Crippen LogP contribution in [0.3, 0.4) is 0 Å². The van der Waals surface area contributed by atoms with Crippen molar-refractivity contribution in [3.05, 3.63) is 40.8 Å². The first kappa shape index (κ1) is 19.6. The molecule has 1 aliphatic rings. The van der Waals surface area contributed by atoms with Gasteiger partial charge in [0.05, 0.1) is 37.0 Å². The molecule has 0 aliphatic carbocycles. The normalized spacial score (nSPS) is 19.6. The lowest BCUT2D eigenvalue weighted by Crippen LogP contribution is -2.30. The van der Waals surface area contributed by atoms with Crippen LogP contribution in [0.25, 0.3) is 0 Å². The lowest BCUT2D eigenvalue weighted by atomic mass is 9.75. The number of methoxy groups -OCH3 is 1. The van der Waals surface area contributed by atoms with Gasteiger partial charge in [0.2, 0.25) is 0 Å². The molecule has 1 aromatic carbocycles. The summed E-state index contributed by atoms with van der Waals surface area (Å²) < 4.78 is 24.2. The van der Waals surface area contributed by atoms with E-state index in [-0.39, 0.29) is 6.61 Å². The van der Waals surface area contributed by atoms with Crippen LogP contribution < -0.4 is 4.74 Å². The standard InChI is InChI=1S/C20H23FN2O3/c1-5-7-16-19(20(24)26-6-2)18(15(11-22)12(3)23-16)14-9-8-13(21)10-17(14)25-4/h8-10,15,18H,5-7H2,1-4H3. The number of aliphatic imine (C=N–C) groups is 1. The van der Waals surface area contributed by atoms with Crippen LogP contribution in [0.5, 0.6) is 5.75 Å². The number of carbonyl (C=O) groups is 1. The predicted molar refractivity (Wildman–Crippen MR) is 96.5 cm³/mol. The summed E-state index contributed by atoms with van der Waals surface area (Å²) in [6.45, 7) is 5.71. The highest BCUT2D eigenvalue weighted by atomic mass is 19.1. The Balaban J connectivity index is 2.73. The monoisotopic (exact) mass is 358 g/mol. The molecule has 2 rings (SSSR count). The maximum Gasteiger partial charge on any atom is 0.336 e. The summed E-state index contributed by atoms with van der Waals surface area (Å²) in [7, 11) is 1.43. The van der Waals surface area contributed by atoms with E-state index in [0.717, 1.165) is 6.42 Å². The largest absolute Gasteiger partial charge is 0.496 e.